The van der Waals surface area contributed by atoms with Gasteiger partial charge in [-0.15, -0.1) is 0 Å². The van der Waals surface area contributed by atoms with Gasteiger partial charge in [-0.2, -0.15) is 0 Å². The van der Waals surface area contributed by atoms with Crippen molar-refractivity contribution in [1.82, 2.24) is 0 Å². The third-order valence-corrected chi connectivity index (χ3v) is 6.40. The molecule has 152 valence electrons. The number of ether oxygens (including phenoxy) is 1. The number of hydrogen-bond donors (Lipinski definition) is 1. The first-order valence-electron chi connectivity index (χ1n) is 9.54. The third kappa shape index (κ3) is 4.34. The number of anilines is 1. The highest BCUT2D eigenvalue weighted by Gasteiger charge is 2.15. The van der Waals surface area contributed by atoms with Crippen LogP contribution in [-0.4, -0.2) is 4.99 Å². The van der Waals surface area contributed by atoms with Gasteiger partial charge in [0.2, 0.25) is 0 Å². The molecule has 5 heteroatoms. The molecule has 0 radical (unpaired) electrons. The van der Waals surface area contributed by atoms with E-state index in [2.05, 4.69) is 39.9 Å². The molecule has 3 rings (SSSR count). The number of benzene rings is 2. The standard InChI is InChI=1S/C24H26ClNO2S/c1-13-14(2)16(4)23(17(5)15(13)3)28-12-19-11-20(7-8-22(19)25)26-24(29)21-9-10-27-18(21)6/h7-11H,12H2,1-6H3,(H,26,29). The summed E-state index contributed by atoms with van der Waals surface area (Å²) in [7, 11) is 0. The van der Waals surface area contributed by atoms with Crippen molar-refractivity contribution in [3.8, 4) is 5.75 Å². The highest BCUT2D eigenvalue weighted by Crippen LogP contribution is 2.33. The minimum atomic E-state index is 0.384. The zero-order valence-corrected chi connectivity index (χ0v) is 19.3. The molecule has 0 fully saturated rings. The summed E-state index contributed by atoms with van der Waals surface area (Å²) in [5.74, 6) is 1.72. The van der Waals surface area contributed by atoms with E-state index < -0.39 is 0 Å². The molecule has 0 saturated heterocycles. The Hall–Kier alpha value is -2.30. The molecule has 1 N–H and O–H groups in total. The van der Waals surface area contributed by atoms with Crippen LogP contribution in [-0.2, 0) is 6.61 Å². The molecule has 0 saturated carbocycles. The second kappa shape index (κ2) is 8.60. The van der Waals surface area contributed by atoms with Gasteiger partial charge in [0.1, 0.15) is 23.1 Å². The van der Waals surface area contributed by atoms with Gasteiger partial charge >= 0.3 is 0 Å². The highest BCUT2D eigenvalue weighted by atomic mass is 35.5. The Balaban J connectivity index is 1.82. The molecule has 2 aromatic carbocycles. The quantitative estimate of drug-likeness (QED) is 0.438. The van der Waals surface area contributed by atoms with E-state index in [-0.39, 0.29) is 0 Å². The smallest absolute Gasteiger partial charge is 0.126 e. The Morgan fingerprint density at radius 2 is 1.59 bits per heavy atom. The van der Waals surface area contributed by atoms with E-state index in [9.17, 15) is 0 Å². The number of nitrogens with one attached hydrogen (secondary N) is 1. The van der Waals surface area contributed by atoms with E-state index in [1.807, 2.05) is 31.2 Å². The van der Waals surface area contributed by atoms with Crippen molar-refractivity contribution in [2.75, 3.05) is 5.32 Å². The van der Waals surface area contributed by atoms with Gasteiger partial charge in [-0.3, -0.25) is 0 Å². The fourth-order valence-corrected chi connectivity index (χ4v) is 3.92. The lowest BCUT2D eigenvalue weighted by Gasteiger charge is -2.19. The number of aryl methyl sites for hydroxylation is 1. The van der Waals surface area contributed by atoms with Gasteiger partial charge in [-0.1, -0.05) is 23.8 Å². The third-order valence-electron chi connectivity index (χ3n) is 5.71. The number of thiocarbonyl (C=S) groups is 1. The van der Waals surface area contributed by atoms with Crippen molar-refractivity contribution >= 4 is 34.5 Å². The maximum Gasteiger partial charge on any atom is 0.126 e. The normalized spacial score (nSPS) is 10.9. The van der Waals surface area contributed by atoms with Gasteiger partial charge in [0.25, 0.3) is 0 Å². The fourth-order valence-electron chi connectivity index (χ4n) is 3.41. The van der Waals surface area contributed by atoms with Crippen LogP contribution in [0.25, 0.3) is 0 Å². The molecule has 0 atom stereocenters. The van der Waals surface area contributed by atoms with Crippen molar-refractivity contribution < 1.29 is 9.15 Å². The van der Waals surface area contributed by atoms with Gasteiger partial charge in [-0.25, -0.2) is 0 Å². The summed E-state index contributed by atoms with van der Waals surface area (Å²) in [4.78, 5) is 0.613. The Morgan fingerprint density at radius 1 is 0.966 bits per heavy atom. The molecule has 0 unspecified atom stereocenters. The first-order valence-corrected chi connectivity index (χ1v) is 10.3. The molecule has 0 aliphatic carbocycles. The van der Waals surface area contributed by atoms with Gasteiger partial charge < -0.3 is 14.5 Å². The Kier molecular flexibility index (Phi) is 6.35. The van der Waals surface area contributed by atoms with Gasteiger partial charge in [0.15, 0.2) is 0 Å². The summed E-state index contributed by atoms with van der Waals surface area (Å²) in [6, 6.07) is 7.60. The molecule has 0 bridgehead atoms. The lowest BCUT2D eigenvalue weighted by atomic mass is 9.94. The molecule has 29 heavy (non-hydrogen) atoms. The topological polar surface area (TPSA) is 34.4 Å². The van der Waals surface area contributed by atoms with E-state index in [0.717, 1.165) is 28.3 Å². The maximum atomic E-state index is 6.44. The summed E-state index contributed by atoms with van der Waals surface area (Å²) in [6.45, 7) is 12.9. The Labute approximate surface area is 183 Å². The maximum absolute atomic E-state index is 6.44. The lowest BCUT2D eigenvalue weighted by Crippen LogP contribution is -2.11. The molecule has 0 spiro atoms. The predicted octanol–water partition coefficient (Wildman–Crippen LogP) is 7.15. The first-order chi connectivity index (χ1) is 13.7. The van der Waals surface area contributed by atoms with E-state index in [0.29, 0.717) is 16.6 Å². The minimum absolute atomic E-state index is 0.384. The molecule has 3 nitrogen and oxygen atoms in total. The molecule has 0 aliphatic rings. The van der Waals surface area contributed by atoms with Crippen LogP contribution in [0.5, 0.6) is 5.75 Å². The molecular formula is C24H26ClNO2S. The second-order valence-corrected chi connectivity index (χ2v) is 8.21. The summed E-state index contributed by atoms with van der Waals surface area (Å²) in [5.41, 5.74) is 8.85. The number of rotatable bonds is 5. The molecule has 3 aromatic rings. The monoisotopic (exact) mass is 427 g/mol. The first kappa shape index (κ1) is 21.4. The van der Waals surface area contributed by atoms with Crippen LogP contribution in [0, 0.1) is 41.5 Å². The Morgan fingerprint density at radius 3 is 2.17 bits per heavy atom. The SMILES string of the molecule is Cc1occc1C(=S)Nc1ccc(Cl)c(COc2c(C)c(C)c(C)c(C)c2C)c1. The van der Waals surface area contributed by atoms with E-state index >= 15 is 0 Å². The minimum Gasteiger partial charge on any atom is -0.488 e. The zero-order valence-electron chi connectivity index (χ0n) is 17.7. The van der Waals surface area contributed by atoms with Crippen LogP contribution in [0.4, 0.5) is 5.69 Å². The van der Waals surface area contributed by atoms with Crippen LogP contribution in [0.3, 0.4) is 0 Å². The second-order valence-electron chi connectivity index (χ2n) is 7.39. The Bertz CT molecular complexity index is 1060. The number of furan rings is 1. The summed E-state index contributed by atoms with van der Waals surface area (Å²) in [6.07, 6.45) is 1.63. The van der Waals surface area contributed by atoms with E-state index in [1.54, 1.807) is 6.26 Å². The molecular weight excluding hydrogens is 402 g/mol. The summed E-state index contributed by atoms with van der Waals surface area (Å²) in [5, 5.41) is 3.92. The average Bonchev–Trinajstić information content (AvgIpc) is 3.13. The van der Waals surface area contributed by atoms with Gasteiger partial charge in [0, 0.05) is 16.3 Å². The predicted molar refractivity (Wildman–Crippen MR) is 125 cm³/mol. The van der Waals surface area contributed by atoms with Crippen LogP contribution in [0.2, 0.25) is 5.02 Å². The summed E-state index contributed by atoms with van der Waals surface area (Å²) < 4.78 is 11.6. The molecule has 1 heterocycles. The average molecular weight is 428 g/mol. The number of hydrogen-bond acceptors (Lipinski definition) is 3. The van der Waals surface area contributed by atoms with Crippen LogP contribution < -0.4 is 10.1 Å². The van der Waals surface area contributed by atoms with Crippen molar-refractivity contribution in [2.45, 2.75) is 48.1 Å². The van der Waals surface area contributed by atoms with Gasteiger partial charge in [0.05, 0.1) is 11.8 Å². The molecule has 0 aliphatic heterocycles. The van der Waals surface area contributed by atoms with Crippen LogP contribution in [0.1, 0.15) is 44.7 Å². The largest absolute Gasteiger partial charge is 0.488 e. The molecule has 1 aromatic heterocycles. The zero-order chi connectivity index (χ0) is 21.3. The van der Waals surface area contributed by atoms with E-state index in [4.69, 9.17) is 33.0 Å². The lowest BCUT2D eigenvalue weighted by molar-refractivity contribution is 0.301. The summed E-state index contributed by atoms with van der Waals surface area (Å²) >= 11 is 11.9. The van der Waals surface area contributed by atoms with Crippen molar-refractivity contribution in [3.05, 3.63) is 80.3 Å². The highest BCUT2D eigenvalue weighted by molar-refractivity contribution is 7.81. The van der Waals surface area contributed by atoms with Crippen LogP contribution >= 0.6 is 23.8 Å². The van der Waals surface area contributed by atoms with Crippen molar-refractivity contribution in [1.29, 1.82) is 0 Å². The van der Waals surface area contributed by atoms with Crippen LogP contribution in [0.15, 0.2) is 34.9 Å². The van der Waals surface area contributed by atoms with Crippen molar-refractivity contribution in [3.63, 3.8) is 0 Å². The van der Waals surface area contributed by atoms with E-state index in [1.165, 1.54) is 27.8 Å². The van der Waals surface area contributed by atoms with Crippen molar-refractivity contribution in [2.24, 2.45) is 0 Å². The molecule has 0 amide bonds. The number of halogens is 1. The van der Waals surface area contributed by atoms with Gasteiger partial charge in [-0.05, 0) is 93.6 Å². The fraction of sp³-hybridized carbons (Fsp3) is 0.292.